The highest BCUT2D eigenvalue weighted by Crippen LogP contribution is 2.58. The fourth-order valence-corrected chi connectivity index (χ4v) is 5.03. The highest BCUT2D eigenvalue weighted by atomic mass is 16.5. The van der Waals surface area contributed by atoms with Crippen LogP contribution in [-0.2, 0) is 6.42 Å². The molecule has 1 heterocycles. The van der Waals surface area contributed by atoms with E-state index in [2.05, 4.69) is 11.4 Å². The van der Waals surface area contributed by atoms with Gasteiger partial charge in [0.1, 0.15) is 6.10 Å². The van der Waals surface area contributed by atoms with Crippen LogP contribution in [0.2, 0.25) is 0 Å². The van der Waals surface area contributed by atoms with Gasteiger partial charge in [-0.25, -0.2) is 0 Å². The van der Waals surface area contributed by atoms with Gasteiger partial charge in [0.05, 0.1) is 18.6 Å². The van der Waals surface area contributed by atoms with E-state index in [1.54, 1.807) is 7.11 Å². The van der Waals surface area contributed by atoms with Crippen LogP contribution in [0.25, 0.3) is 0 Å². The molecule has 1 aromatic carbocycles. The maximum absolute atomic E-state index is 11.6. The largest absolute Gasteiger partial charge is 0.493 e. The molecule has 2 saturated carbocycles. The quantitative estimate of drug-likeness (QED) is 0.896. The summed E-state index contributed by atoms with van der Waals surface area (Å²) < 4.78 is 11.8. The Morgan fingerprint density at radius 1 is 1.35 bits per heavy atom. The molecular formula is C19H25NO3. The van der Waals surface area contributed by atoms with Crippen molar-refractivity contribution in [3.8, 4) is 11.5 Å². The predicted octanol–water partition coefficient (Wildman–Crippen LogP) is 2.38. The van der Waals surface area contributed by atoms with E-state index in [9.17, 15) is 5.11 Å². The molecule has 0 saturated heterocycles. The fraction of sp³-hybridized carbons (Fsp3) is 0.684. The van der Waals surface area contributed by atoms with Crippen molar-refractivity contribution >= 4 is 0 Å². The first-order chi connectivity index (χ1) is 11.2. The van der Waals surface area contributed by atoms with Crippen molar-refractivity contribution in [3.63, 3.8) is 0 Å². The summed E-state index contributed by atoms with van der Waals surface area (Å²) in [5.41, 5.74) is 1.87. The Balaban J connectivity index is 1.57. The van der Waals surface area contributed by atoms with Gasteiger partial charge in [-0.2, -0.15) is 0 Å². The number of rotatable bonds is 4. The fourth-order valence-electron chi connectivity index (χ4n) is 5.03. The van der Waals surface area contributed by atoms with Gasteiger partial charge < -0.3 is 19.9 Å². The Morgan fingerprint density at radius 3 is 3.00 bits per heavy atom. The predicted molar refractivity (Wildman–Crippen MR) is 87.2 cm³/mol. The molecule has 3 aliphatic carbocycles. The molecule has 0 spiro atoms. The van der Waals surface area contributed by atoms with Crippen molar-refractivity contribution < 1.29 is 14.6 Å². The van der Waals surface area contributed by atoms with Gasteiger partial charge in [-0.3, -0.25) is 0 Å². The van der Waals surface area contributed by atoms with Crippen LogP contribution in [0.5, 0.6) is 11.5 Å². The topological polar surface area (TPSA) is 50.7 Å². The molecule has 4 heteroatoms. The van der Waals surface area contributed by atoms with Gasteiger partial charge in [-0.1, -0.05) is 6.07 Å². The zero-order valence-electron chi connectivity index (χ0n) is 13.7. The number of ether oxygens (including phenoxy) is 2. The molecule has 1 aromatic rings. The minimum atomic E-state index is -0.678. The maximum atomic E-state index is 11.6. The Hall–Kier alpha value is -1.26. The van der Waals surface area contributed by atoms with Crippen LogP contribution < -0.4 is 14.8 Å². The standard InChI is InChI=1S/C19H25NO3/c1-22-14-7-6-12-9-15(20-10-11-4-5-11)19(21)8-2-3-13-17(19)16(12)18(14)23-13/h6-7,11,13,15,17,20-21H,2-5,8-10H2,1H3/t13?,15-,17?,19-/m0/s1. The third-order valence-corrected chi connectivity index (χ3v) is 6.40. The summed E-state index contributed by atoms with van der Waals surface area (Å²) >= 11 is 0. The van der Waals surface area contributed by atoms with Crippen molar-refractivity contribution in [2.75, 3.05) is 13.7 Å². The molecule has 4 nitrogen and oxygen atoms in total. The second-order valence-electron chi connectivity index (χ2n) is 7.80. The molecule has 5 rings (SSSR count). The van der Waals surface area contributed by atoms with Gasteiger partial charge in [-0.05, 0) is 62.6 Å². The second-order valence-corrected chi connectivity index (χ2v) is 7.80. The van der Waals surface area contributed by atoms with Crippen molar-refractivity contribution in [2.24, 2.45) is 5.92 Å². The normalized spacial score (nSPS) is 37.2. The van der Waals surface area contributed by atoms with Crippen LogP contribution in [0.3, 0.4) is 0 Å². The van der Waals surface area contributed by atoms with Gasteiger partial charge in [-0.15, -0.1) is 0 Å². The molecule has 4 atom stereocenters. The number of hydrogen-bond donors (Lipinski definition) is 2. The van der Waals surface area contributed by atoms with Gasteiger partial charge in [0.15, 0.2) is 11.5 Å². The maximum Gasteiger partial charge on any atom is 0.165 e. The van der Waals surface area contributed by atoms with Gasteiger partial charge in [0.2, 0.25) is 0 Å². The number of aliphatic hydroxyl groups is 1. The molecule has 4 aliphatic rings. The summed E-state index contributed by atoms with van der Waals surface area (Å²) in [5, 5.41) is 15.3. The van der Waals surface area contributed by atoms with E-state index < -0.39 is 5.60 Å². The number of benzene rings is 1. The molecule has 0 bridgehead atoms. The summed E-state index contributed by atoms with van der Waals surface area (Å²) in [4.78, 5) is 0. The minimum absolute atomic E-state index is 0.0989. The lowest BCUT2D eigenvalue weighted by Gasteiger charge is -2.49. The lowest BCUT2D eigenvalue weighted by atomic mass is 9.62. The van der Waals surface area contributed by atoms with Crippen LogP contribution in [-0.4, -0.2) is 36.5 Å². The minimum Gasteiger partial charge on any atom is -0.493 e. The van der Waals surface area contributed by atoms with Crippen molar-refractivity contribution in [2.45, 2.75) is 62.2 Å². The van der Waals surface area contributed by atoms with Crippen LogP contribution >= 0.6 is 0 Å². The summed E-state index contributed by atoms with van der Waals surface area (Å²) in [6.45, 7) is 1.05. The first-order valence-electron chi connectivity index (χ1n) is 9.03. The molecule has 2 N–H and O–H groups in total. The number of hydrogen-bond acceptors (Lipinski definition) is 4. The average molecular weight is 315 g/mol. The van der Waals surface area contributed by atoms with Crippen molar-refractivity contribution in [1.82, 2.24) is 5.32 Å². The zero-order valence-corrected chi connectivity index (χ0v) is 13.7. The Morgan fingerprint density at radius 2 is 2.22 bits per heavy atom. The highest BCUT2D eigenvalue weighted by molar-refractivity contribution is 5.58. The average Bonchev–Trinajstić information content (AvgIpc) is 3.29. The first kappa shape index (κ1) is 14.1. The number of methoxy groups -OCH3 is 1. The van der Waals surface area contributed by atoms with E-state index in [0.717, 1.165) is 49.6 Å². The molecule has 23 heavy (non-hydrogen) atoms. The van der Waals surface area contributed by atoms with Gasteiger partial charge in [0.25, 0.3) is 0 Å². The SMILES string of the molecule is COc1ccc2c3c1OC1CCC[C@@](O)(C31)[C@@H](NCC1CC1)C2. The third kappa shape index (κ3) is 1.97. The van der Waals surface area contributed by atoms with Crippen LogP contribution in [0, 0.1) is 5.92 Å². The van der Waals surface area contributed by atoms with Gasteiger partial charge >= 0.3 is 0 Å². The van der Waals surface area contributed by atoms with E-state index >= 15 is 0 Å². The zero-order chi connectivity index (χ0) is 15.6. The summed E-state index contributed by atoms with van der Waals surface area (Å²) in [7, 11) is 1.69. The highest BCUT2D eigenvalue weighted by Gasteiger charge is 2.58. The van der Waals surface area contributed by atoms with Crippen LogP contribution in [0.4, 0.5) is 0 Å². The molecule has 0 aromatic heterocycles. The van der Waals surface area contributed by atoms with E-state index in [1.165, 1.54) is 24.0 Å². The van der Waals surface area contributed by atoms with Crippen molar-refractivity contribution in [3.05, 3.63) is 23.3 Å². The van der Waals surface area contributed by atoms with Crippen LogP contribution in [0.1, 0.15) is 49.1 Å². The summed E-state index contributed by atoms with van der Waals surface area (Å²) in [6, 6.07) is 4.34. The van der Waals surface area contributed by atoms with Crippen LogP contribution in [0.15, 0.2) is 12.1 Å². The summed E-state index contributed by atoms with van der Waals surface area (Å²) in [5.74, 6) is 2.62. The Kier molecular flexibility index (Phi) is 2.99. The molecule has 124 valence electrons. The summed E-state index contributed by atoms with van der Waals surface area (Å²) in [6.07, 6.45) is 6.60. The first-order valence-corrected chi connectivity index (χ1v) is 9.03. The van der Waals surface area contributed by atoms with E-state index in [4.69, 9.17) is 9.47 Å². The molecule has 0 amide bonds. The lowest BCUT2D eigenvalue weighted by Crippen LogP contribution is -2.61. The third-order valence-electron chi connectivity index (χ3n) is 6.40. The van der Waals surface area contributed by atoms with Gasteiger partial charge in [0, 0.05) is 11.6 Å². The number of nitrogens with one attached hydrogen (secondary N) is 1. The Bertz CT molecular complexity index is 642. The smallest absolute Gasteiger partial charge is 0.165 e. The lowest BCUT2D eigenvalue weighted by molar-refractivity contribution is -0.0795. The molecule has 0 radical (unpaired) electrons. The molecular weight excluding hydrogens is 290 g/mol. The molecule has 2 fully saturated rings. The monoisotopic (exact) mass is 315 g/mol. The van der Waals surface area contributed by atoms with E-state index in [-0.39, 0.29) is 18.1 Å². The van der Waals surface area contributed by atoms with E-state index in [1.807, 2.05) is 6.07 Å². The Labute approximate surface area is 137 Å². The van der Waals surface area contributed by atoms with Crippen molar-refractivity contribution in [1.29, 1.82) is 0 Å². The molecule has 2 unspecified atom stereocenters. The second kappa shape index (κ2) is 4.87. The van der Waals surface area contributed by atoms with E-state index in [0.29, 0.717) is 0 Å². The molecule has 1 aliphatic heterocycles.